The van der Waals surface area contributed by atoms with Crippen LogP contribution in [0.4, 0.5) is 0 Å². The molecule has 1 aliphatic heterocycles. The number of carbonyl (C=O) groups excluding carboxylic acids is 1. The zero-order valence-corrected chi connectivity index (χ0v) is 9.74. The van der Waals surface area contributed by atoms with Gasteiger partial charge in [-0.05, 0) is 19.3 Å². The Morgan fingerprint density at radius 2 is 2.00 bits per heavy atom. The fraction of sp³-hybridized carbons (Fsp3) is 0.818. The molecule has 0 unspecified atom stereocenters. The van der Waals surface area contributed by atoms with Gasteiger partial charge in [-0.15, -0.1) is 0 Å². The van der Waals surface area contributed by atoms with Crippen LogP contribution in [0.2, 0.25) is 0 Å². The summed E-state index contributed by atoms with van der Waals surface area (Å²) in [7, 11) is 0. The summed E-state index contributed by atoms with van der Waals surface area (Å²) >= 11 is 0. The summed E-state index contributed by atoms with van der Waals surface area (Å²) in [4.78, 5) is 23.8. The van der Waals surface area contributed by atoms with Crippen molar-refractivity contribution >= 4 is 11.9 Å². The Labute approximate surface area is 95.8 Å². The molecule has 92 valence electrons. The Bertz CT molecular complexity index is 248. The molecule has 0 bridgehead atoms. The summed E-state index contributed by atoms with van der Waals surface area (Å²) in [6, 6.07) is 0.226. The van der Waals surface area contributed by atoms with Crippen LogP contribution in [0.5, 0.6) is 0 Å². The Morgan fingerprint density at radius 3 is 2.50 bits per heavy atom. The lowest BCUT2D eigenvalue weighted by Crippen LogP contribution is -2.45. The first-order valence-electron chi connectivity index (χ1n) is 5.85. The second kappa shape index (κ2) is 6.48. The van der Waals surface area contributed by atoms with Gasteiger partial charge in [0.05, 0.1) is 6.54 Å². The molecule has 5 heteroatoms. The average Bonchev–Trinajstić information content (AvgIpc) is 2.20. The van der Waals surface area contributed by atoms with Gasteiger partial charge in [-0.2, -0.15) is 0 Å². The maximum absolute atomic E-state index is 11.4. The zero-order chi connectivity index (χ0) is 12.0. The summed E-state index contributed by atoms with van der Waals surface area (Å²) in [6.45, 7) is 3.59. The first-order chi connectivity index (χ1) is 7.61. The number of rotatable bonds is 5. The molecule has 0 aromatic rings. The van der Waals surface area contributed by atoms with Gasteiger partial charge in [-0.3, -0.25) is 14.5 Å². The predicted octanol–water partition coefficient (Wildman–Crippen LogP) is 0.452. The highest BCUT2D eigenvalue weighted by Gasteiger charge is 2.21. The van der Waals surface area contributed by atoms with E-state index < -0.39 is 5.97 Å². The van der Waals surface area contributed by atoms with Crippen LogP contribution in [0.15, 0.2) is 0 Å². The number of nitrogens with zero attached hydrogens (tertiary/aromatic N) is 1. The topological polar surface area (TPSA) is 69.6 Å². The molecule has 0 aromatic heterocycles. The highest BCUT2D eigenvalue weighted by molar-refractivity contribution is 5.76. The number of carboxylic acid groups (broad SMARTS) is 1. The summed E-state index contributed by atoms with van der Waals surface area (Å²) in [6.07, 6.45) is 3.14. The number of hydrogen-bond acceptors (Lipinski definition) is 3. The van der Waals surface area contributed by atoms with Crippen LogP contribution >= 0.6 is 0 Å². The van der Waals surface area contributed by atoms with Gasteiger partial charge in [0.2, 0.25) is 5.91 Å². The molecule has 1 aliphatic rings. The second-order valence-corrected chi connectivity index (χ2v) is 4.26. The van der Waals surface area contributed by atoms with Gasteiger partial charge in [0.1, 0.15) is 0 Å². The van der Waals surface area contributed by atoms with Crippen molar-refractivity contribution in [1.82, 2.24) is 10.2 Å². The molecule has 0 atom stereocenters. The molecule has 1 rings (SSSR count). The fourth-order valence-corrected chi connectivity index (χ4v) is 1.95. The van der Waals surface area contributed by atoms with Gasteiger partial charge >= 0.3 is 5.97 Å². The van der Waals surface area contributed by atoms with Crippen molar-refractivity contribution in [3.63, 3.8) is 0 Å². The minimum absolute atomic E-state index is 0.107. The second-order valence-electron chi connectivity index (χ2n) is 4.26. The van der Waals surface area contributed by atoms with E-state index in [2.05, 4.69) is 5.32 Å². The van der Waals surface area contributed by atoms with Crippen LogP contribution in [-0.4, -0.2) is 47.6 Å². The maximum atomic E-state index is 11.4. The molecule has 0 saturated carbocycles. The number of carbonyl (C=O) groups is 2. The molecule has 16 heavy (non-hydrogen) atoms. The van der Waals surface area contributed by atoms with Gasteiger partial charge in [-0.25, -0.2) is 0 Å². The maximum Gasteiger partial charge on any atom is 0.317 e. The standard InChI is InChI=1S/C11H20N2O3/c1-2-3-10(14)12-9-4-6-13(7-5-9)8-11(15)16/h9H,2-8H2,1H3,(H,12,14)(H,15,16). The van der Waals surface area contributed by atoms with Gasteiger partial charge in [-0.1, -0.05) is 6.92 Å². The third-order valence-corrected chi connectivity index (χ3v) is 2.79. The number of hydrogen-bond donors (Lipinski definition) is 2. The Balaban J connectivity index is 2.21. The third-order valence-electron chi connectivity index (χ3n) is 2.79. The highest BCUT2D eigenvalue weighted by Crippen LogP contribution is 2.10. The van der Waals surface area contributed by atoms with E-state index in [0.717, 1.165) is 32.4 Å². The van der Waals surface area contributed by atoms with Gasteiger partial charge < -0.3 is 10.4 Å². The highest BCUT2D eigenvalue weighted by atomic mass is 16.4. The van der Waals surface area contributed by atoms with Crippen molar-refractivity contribution in [3.8, 4) is 0 Å². The van der Waals surface area contributed by atoms with E-state index in [4.69, 9.17) is 5.11 Å². The number of likely N-dealkylation sites (tertiary alicyclic amines) is 1. The molecule has 0 aliphatic carbocycles. The van der Waals surface area contributed by atoms with Crippen molar-refractivity contribution in [2.45, 2.75) is 38.6 Å². The quantitative estimate of drug-likeness (QED) is 0.717. The SMILES string of the molecule is CCCC(=O)NC1CCN(CC(=O)O)CC1. The number of amides is 1. The Kier molecular flexibility index (Phi) is 5.25. The van der Waals surface area contributed by atoms with Crippen molar-refractivity contribution in [2.24, 2.45) is 0 Å². The van der Waals surface area contributed by atoms with Gasteiger partial charge in [0, 0.05) is 25.6 Å². The smallest absolute Gasteiger partial charge is 0.317 e. The molecule has 1 amide bonds. The van der Waals surface area contributed by atoms with E-state index in [1.165, 1.54) is 0 Å². The summed E-state index contributed by atoms with van der Waals surface area (Å²) in [5.41, 5.74) is 0. The third kappa shape index (κ3) is 4.61. The lowest BCUT2D eigenvalue weighted by Gasteiger charge is -2.31. The molecule has 2 N–H and O–H groups in total. The van der Waals surface area contributed by atoms with Crippen LogP contribution in [0.25, 0.3) is 0 Å². The number of carboxylic acids is 1. The van der Waals surface area contributed by atoms with E-state index in [1.807, 2.05) is 11.8 Å². The molecular formula is C11H20N2O3. The molecule has 0 radical (unpaired) electrons. The number of nitrogens with one attached hydrogen (secondary N) is 1. The number of aliphatic carboxylic acids is 1. The minimum Gasteiger partial charge on any atom is -0.480 e. The fourth-order valence-electron chi connectivity index (χ4n) is 1.95. The largest absolute Gasteiger partial charge is 0.480 e. The van der Waals surface area contributed by atoms with Crippen LogP contribution in [0.3, 0.4) is 0 Å². The zero-order valence-electron chi connectivity index (χ0n) is 9.74. The molecular weight excluding hydrogens is 208 g/mol. The van der Waals surface area contributed by atoms with Crippen molar-refractivity contribution in [3.05, 3.63) is 0 Å². The molecule has 1 heterocycles. The summed E-state index contributed by atoms with van der Waals surface area (Å²) in [5, 5.41) is 11.6. The number of piperidine rings is 1. The molecule has 0 spiro atoms. The lowest BCUT2D eigenvalue weighted by atomic mass is 10.0. The molecule has 5 nitrogen and oxygen atoms in total. The van der Waals surface area contributed by atoms with E-state index in [9.17, 15) is 9.59 Å². The van der Waals surface area contributed by atoms with Gasteiger partial charge in [0.15, 0.2) is 0 Å². The minimum atomic E-state index is -0.784. The van der Waals surface area contributed by atoms with Crippen molar-refractivity contribution in [2.75, 3.05) is 19.6 Å². The first kappa shape index (κ1) is 13.0. The van der Waals surface area contributed by atoms with Crippen LogP contribution in [0.1, 0.15) is 32.6 Å². The molecule has 1 fully saturated rings. The van der Waals surface area contributed by atoms with Crippen LogP contribution < -0.4 is 5.32 Å². The first-order valence-corrected chi connectivity index (χ1v) is 5.85. The van der Waals surface area contributed by atoms with Crippen molar-refractivity contribution in [1.29, 1.82) is 0 Å². The van der Waals surface area contributed by atoms with E-state index in [0.29, 0.717) is 6.42 Å². The summed E-state index contributed by atoms with van der Waals surface area (Å²) < 4.78 is 0. The average molecular weight is 228 g/mol. The van der Waals surface area contributed by atoms with E-state index in [1.54, 1.807) is 0 Å². The van der Waals surface area contributed by atoms with Gasteiger partial charge in [0.25, 0.3) is 0 Å². The van der Waals surface area contributed by atoms with Crippen LogP contribution in [0, 0.1) is 0 Å². The van der Waals surface area contributed by atoms with E-state index in [-0.39, 0.29) is 18.5 Å². The monoisotopic (exact) mass is 228 g/mol. The van der Waals surface area contributed by atoms with Crippen LogP contribution in [-0.2, 0) is 9.59 Å². The predicted molar refractivity (Wildman–Crippen MR) is 60.1 cm³/mol. The normalized spacial score (nSPS) is 18.3. The summed E-state index contributed by atoms with van der Waals surface area (Å²) in [5.74, 6) is -0.673. The molecule has 0 aromatic carbocycles. The van der Waals surface area contributed by atoms with E-state index >= 15 is 0 Å². The Morgan fingerprint density at radius 1 is 1.38 bits per heavy atom. The lowest BCUT2D eigenvalue weighted by molar-refractivity contribution is -0.138. The van der Waals surface area contributed by atoms with Crippen molar-refractivity contribution < 1.29 is 14.7 Å². The molecule has 1 saturated heterocycles. The Hall–Kier alpha value is -1.10.